The van der Waals surface area contributed by atoms with Crippen LogP contribution in [0.25, 0.3) is 0 Å². The number of aromatic nitrogens is 2. The highest BCUT2D eigenvalue weighted by molar-refractivity contribution is 5.92. The Labute approximate surface area is 141 Å². The van der Waals surface area contributed by atoms with Crippen LogP contribution in [0.1, 0.15) is 35.9 Å². The number of hydrogen-bond acceptors (Lipinski definition) is 3. The van der Waals surface area contributed by atoms with E-state index in [-0.39, 0.29) is 17.8 Å². The zero-order valence-electron chi connectivity index (χ0n) is 14.1. The Hall–Kier alpha value is -2.37. The minimum Gasteiger partial charge on any atom is -0.371 e. The third kappa shape index (κ3) is 3.58. The maximum absolute atomic E-state index is 13.3. The monoisotopic (exact) mass is 330 g/mol. The van der Waals surface area contributed by atoms with Gasteiger partial charge in [-0.2, -0.15) is 5.10 Å². The van der Waals surface area contributed by atoms with Gasteiger partial charge in [0, 0.05) is 31.4 Å². The lowest BCUT2D eigenvalue weighted by molar-refractivity contribution is 0.0920. The number of halogens is 1. The second-order valence-corrected chi connectivity index (χ2v) is 6.20. The van der Waals surface area contributed by atoms with E-state index in [1.165, 1.54) is 6.07 Å². The molecule has 24 heavy (non-hydrogen) atoms. The van der Waals surface area contributed by atoms with Crippen LogP contribution in [0.15, 0.2) is 30.3 Å². The lowest BCUT2D eigenvalue weighted by Crippen LogP contribution is -2.45. The maximum atomic E-state index is 13.3. The molecule has 0 unspecified atom stereocenters. The summed E-state index contributed by atoms with van der Waals surface area (Å²) in [7, 11) is 0. The molecular formula is C18H23FN4O. The number of anilines is 1. The SMILES string of the molecule is CCn1nc(C)cc1C(=O)NC1CCN(c2cccc(F)c2)CC1. The number of rotatable bonds is 4. The van der Waals surface area contributed by atoms with E-state index < -0.39 is 0 Å². The molecule has 1 aliphatic heterocycles. The summed E-state index contributed by atoms with van der Waals surface area (Å²) in [5.41, 5.74) is 2.37. The second-order valence-electron chi connectivity index (χ2n) is 6.20. The van der Waals surface area contributed by atoms with E-state index in [4.69, 9.17) is 0 Å². The average molecular weight is 330 g/mol. The Bertz CT molecular complexity index is 720. The molecule has 128 valence electrons. The summed E-state index contributed by atoms with van der Waals surface area (Å²) in [6, 6.07) is 8.62. The van der Waals surface area contributed by atoms with Crippen molar-refractivity contribution < 1.29 is 9.18 Å². The normalized spacial score (nSPS) is 15.5. The lowest BCUT2D eigenvalue weighted by atomic mass is 10.0. The Kier molecular flexibility index (Phi) is 4.83. The number of carbonyl (C=O) groups is 1. The summed E-state index contributed by atoms with van der Waals surface area (Å²) >= 11 is 0. The van der Waals surface area contributed by atoms with Gasteiger partial charge in [-0.3, -0.25) is 9.48 Å². The molecule has 2 aromatic rings. The van der Waals surface area contributed by atoms with E-state index in [0.717, 1.165) is 37.3 Å². The Balaban J connectivity index is 1.58. The summed E-state index contributed by atoms with van der Waals surface area (Å²) in [4.78, 5) is 14.6. The molecule has 6 heteroatoms. The fraction of sp³-hybridized carbons (Fsp3) is 0.444. The minimum absolute atomic E-state index is 0.0679. The molecule has 1 saturated heterocycles. The van der Waals surface area contributed by atoms with E-state index in [1.54, 1.807) is 16.8 Å². The van der Waals surface area contributed by atoms with Gasteiger partial charge >= 0.3 is 0 Å². The number of nitrogens with one attached hydrogen (secondary N) is 1. The summed E-state index contributed by atoms with van der Waals surface area (Å²) in [5, 5.41) is 7.42. The van der Waals surface area contributed by atoms with Gasteiger partial charge in [0.1, 0.15) is 11.5 Å². The first-order chi connectivity index (χ1) is 11.6. The highest BCUT2D eigenvalue weighted by Crippen LogP contribution is 2.21. The fourth-order valence-corrected chi connectivity index (χ4v) is 3.18. The van der Waals surface area contributed by atoms with Gasteiger partial charge < -0.3 is 10.2 Å². The van der Waals surface area contributed by atoms with Crippen LogP contribution in [0.5, 0.6) is 0 Å². The standard InChI is InChI=1S/C18H23FN4O/c1-3-23-17(11-13(2)21-23)18(24)20-15-7-9-22(10-8-15)16-6-4-5-14(19)12-16/h4-6,11-12,15H,3,7-10H2,1-2H3,(H,20,24). The third-order valence-corrected chi connectivity index (χ3v) is 4.44. The van der Waals surface area contributed by atoms with Crippen molar-refractivity contribution in [2.24, 2.45) is 0 Å². The van der Waals surface area contributed by atoms with E-state index in [1.807, 2.05) is 26.0 Å². The zero-order chi connectivity index (χ0) is 17.1. The van der Waals surface area contributed by atoms with Crippen molar-refractivity contribution in [3.8, 4) is 0 Å². The molecule has 0 atom stereocenters. The van der Waals surface area contributed by atoms with Crippen LogP contribution in [-0.4, -0.2) is 34.8 Å². The maximum Gasteiger partial charge on any atom is 0.269 e. The van der Waals surface area contributed by atoms with Gasteiger partial charge in [0.25, 0.3) is 5.91 Å². The van der Waals surface area contributed by atoms with Crippen LogP contribution in [-0.2, 0) is 6.54 Å². The van der Waals surface area contributed by atoms with Crippen molar-refractivity contribution in [3.05, 3.63) is 47.5 Å². The first kappa shape index (κ1) is 16.5. The van der Waals surface area contributed by atoms with Gasteiger partial charge in [-0.25, -0.2) is 4.39 Å². The first-order valence-electron chi connectivity index (χ1n) is 8.42. The molecule has 2 heterocycles. The molecule has 0 aliphatic carbocycles. The fourth-order valence-electron chi connectivity index (χ4n) is 3.18. The number of amides is 1. The number of aryl methyl sites for hydroxylation is 2. The molecule has 0 bridgehead atoms. The van der Waals surface area contributed by atoms with Crippen LogP contribution >= 0.6 is 0 Å². The molecule has 3 rings (SSSR count). The van der Waals surface area contributed by atoms with Gasteiger partial charge in [-0.1, -0.05) is 6.07 Å². The van der Waals surface area contributed by atoms with E-state index in [9.17, 15) is 9.18 Å². The van der Waals surface area contributed by atoms with Gasteiger partial charge in [-0.15, -0.1) is 0 Å². The number of nitrogens with zero attached hydrogens (tertiary/aromatic N) is 3. The molecular weight excluding hydrogens is 307 g/mol. The van der Waals surface area contributed by atoms with Gasteiger partial charge in [0.15, 0.2) is 0 Å². The highest BCUT2D eigenvalue weighted by Gasteiger charge is 2.23. The molecule has 0 saturated carbocycles. The molecule has 1 aromatic carbocycles. The smallest absolute Gasteiger partial charge is 0.269 e. The molecule has 0 radical (unpaired) electrons. The van der Waals surface area contributed by atoms with Crippen molar-refractivity contribution in [3.63, 3.8) is 0 Å². The minimum atomic E-state index is -0.217. The number of benzene rings is 1. The predicted octanol–water partition coefficient (Wildman–Crippen LogP) is 2.75. The van der Waals surface area contributed by atoms with E-state index in [0.29, 0.717) is 12.2 Å². The molecule has 5 nitrogen and oxygen atoms in total. The van der Waals surface area contributed by atoms with Crippen molar-refractivity contribution in [1.82, 2.24) is 15.1 Å². The zero-order valence-corrected chi connectivity index (χ0v) is 14.1. The van der Waals surface area contributed by atoms with Crippen molar-refractivity contribution in [2.75, 3.05) is 18.0 Å². The molecule has 0 spiro atoms. The summed E-state index contributed by atoms with van der Waals surface area (Å²) in [6.45, 7) is 6.15. The largest absolute Gasteiger partial charge is 0.371 e. The molecule has 1 fully saturated rings. The van der Waals surface area contributed by atoms with Crippen LogP contribution in [0.3, 0.4) is 0 Å². The second kappa shape index (κ2) is 7.03. The van der Waals surface area contributed by atoms with Crippen LogP contribution in [0.4, 0.5) is 10.1 Å². The summed E-state index contributed by atoms with van der Waals surface area (Å²) in [6.07, 6.45) is 1.70. The molecule has 1 aromatic heterocycles. The third-order valence-electron chi connectivity index (χ3n) is 4.44. The van der Waals surface area contributed by atoms with Crippen molar-refractivity contribution in [1.29, 1.82) is 0 Å². The number of carbonyl (C=O) groups excluding carboxylic acids is 1. The Morgan fingerprint density at radius 3 is 2.75 bits per heavy atom. The molecule has 1 N–H and O–H groups in total. The average Bonchev–Trinajstić information content (AvgIpc) is 2.97. The van der Waals surface area contributed by atoms with Crippen LogP contribution in [0, 0.1) is 12.7 Å². The lowest BCUT2D eigenvalue weighted by Gasteiger charge is -2.34. The molecule has 1 amide bonds. The van der Waals surface area contributed by atoms with Gasteiger partial charge in [-0.05, 0) is 51.0 Å². The van der Waals surface area contributed by atoms with Crippen LogP contribution < -0.4 is 10.2 Å². The number of hydrogen-bond donors (Lipinski definition) is 1. The predicted molar refractivity (Wildman–Crippen MR) is 91.7 cm³/mol. The van der Waals surface area contributed by atoms with Gasteiger partial charge in [0.05, 0.1) is 5.69 Å². The van der Waals surface area contributed by atoms with Crippen LogP contribution in [0.2, 0.25) is 0 Å². The van der Waals surface area contributed by atoms with Crippen molar-refractivity contribution in [2.45, 2.75) is 39.3 Å². The first-order valence-corrected chi connectivity index (χ1v) is 8.42. The highest BCUT2D eigenvalue weighted by atomic mass is 19.1. The van der Waals surface area contributed by atoms with E-state index in [2.05, 4.69) is 15.3 Å². The van der Waals surface area contributed by atoms with E-state index >= 15 is 0 Å². The topological polar surface area (TPSA) is 50.2 Å². The molecule has 1 aliphatic rings. The number of piperidine rings is 1. The summed E-state index contributed by atoms with van der Waals surface area (Å²) < 4.78 is 15.1. The quantitative estimate of drug-likeness (QED) is 0.938. The van der Waals surface area contributed by atoms with Crippen molar-refractivity contribution >= 4 is 11.6 Å². The van der Waals surface area contributed by atoms with Gasteiger partial charge in [0.2, 0.25) is 0 Å². The summed E-state index contributed by atoms with van der Waals surface area (Å²) in [5.74, 6) is -0.284. The Morgan fingerprint density at radius 2 is 2.08 bits per heavy atom. The Morgan fingerprint density at radius 1 is 1.33 bits per heavy atom.